The Morgan fingerprint density at radius 2 is 2.06 bits per heavy atom. The van der Waals surface area contributed by atoms with Gasteiger partial charge in [-0.3, -0.25) is 0 Å². The van der Waals surface area contributed by atoms with Crippen molar-refractivity contribution in [1.82, 2.24) is 14.6 Å². The van der Waals surface area contributed by atoms with Crippen molar-refractivity contribution in [3.8, 4) is 11.1 Å². The Bertz CT molecular complexity index is 741. The van der Waals surface area contributed by atoms with Gasteiger partial charge >= 0.3 is 0 Å². The van der Waals surface area contributed by atoms with Crippen molar-refractivity contribution in [1.29, 1.82) is 0 Å². The molecule has 0 radical (unpaired) electrons. The zero-order valence-electron chi connectivity index (χ0n) is 8.94. The summed E-state index contributed by atoms with van der Waals surface area (Å²) < 4.78 is 15.2. The van der Waals surface area contributed by atoms with Crippen LogP contribution in [0.3, 0.4) is 0 Å². The highest BCUT2D eigenvalue weighted by Crippen LogP contribution is 2.31. The average Bonchev–Trinajstić information content (AvgIpc) is 2.69. The number of rotatable bonds is 1. The van der Waals surface area contributed by atoms with Gasteiger partial charge in [-0.2, -0.15) is 0 Å². The lowest BCUT2D eigenvalue weighted by molar-refractivity contribution is 0.628. The number of benzene rings is 1. The first-order valence-corrected chi connectivity index (χ1v) is 6.28. The molecule has 0 aliphatic rings. The van der Waals surface area contributed by atoms with E-state index in [0.29, 0.717) is 15.4 Å². The summed E-state index contributed by atoms with van der Waals surface area (Å²) in [6.45, 7) is 0. The van der Waals surface area contributed by atoms with E-state index >= 15 is 0 Å². The van der Waals surface area contributed by atoms with Gasteiger partial charge in [0.1, 0.15) is 5.82 Å². The van der Waals surface area contributed by atoms with E-state index in [4.69, 9.17) is 11.6 Å². The lowest BCUT2D eigenvalue weighted by Crippen LogP contribution is -1.90. The van der Waals surface area contributed by atoms with E-state index in [0.717, 1.165) is 11.1 Å². The molecule has 0 saturated carbocycles. The van der Waals surface area contributed by atoms with Crippen LogP contribution in [0.2, 0.25) is 5.02 Å². The minimum absolute atomic E-state index is 0.349. The molecule has 0 amide bonds. The van der Waals surface area contributed by atoms with E-state index < -0.39 is 0 Å². The van der Waals surface area contributed by atoms with Crippen LogP contribution >= 0.6 is 27.5 Å². The average molecular weight is 327 g/mol. The molecule has 0 saturated heterocycles. The minimum atomic E-state index is -0.363. The van der Waals surface area contributed by atoms with Gasteiger partial charge in [0.05, 0.1) is 5.02 Å². The van der Waals surface area contributed by atoms with Crippen LogP contribution in [0.25, 0.3) is 16.8 Å². The topological polar surface area (TPSA) is 30.2 Å². The first-order valence-electron chi connectivity index (χ1n) is 5.11. The molecule has 3 nitrogen and oxygen atoms in total. The minimum Gasteiger partial charge on any atom is -0.219 e. The van der Waals surface area contributed by atoms with Gasteiger partial charge in [-0.25, -0.2) is 13.9 Å². The second kappa shape index (κ2) is 4.33. The van der Waals surface area contributed by atoms with E-state index in [-0.39, 0.29) is 5.82 Å². The monoisotopic (exact) mass is 325 g/mol. The van der Waals surface area contributed by atoms with Crippen molar-refractivity contribution >= 4 is 33.2 Å². The van der Waals surface area contributed by atoms with E-state index in [1.54, 1.807) is 16.8 Å². The molecule has 2 aromatic heterocycles. The molecule has 18 heavy (non-hydrogen) atoms. The summed E-state index contributed by atoms with van der Waals surface area (Å²) in [6.07, 6.45) is 1.79. The van der Waals surface area contributed by atoms with Gasteiger partial charge in [-0.15, -0.1) is 5.10 Å². The molecule has 1 aromatic carbocycles. The van der Waals surface area contributed by atoms with Crippen LogP contribution in [-0.2, 0) is 0 Å². The van der Waals surface area contributed by atoms with Crippen molar-refractivity contribution < 1.29 is 4.39 Å². The molecule has 0 unspecified atom stereocenters. The van der Waals surface area contributed by atoms with Gasteiger partial charge in [-0.1, -0.05) is 11.6 Å². The summed E-state index contributed by atoms with van der Waals surface area (Å²) >= 11 is 9.29. The first kappa shape index (κ1) is 11.6. The number of pyridine rings is 1. The predicted molar refractivity (Wildman–Crippen MR) is 71.1 cm³/mol. The maximum absolute atomic E-state index is 13.1. The molecule has 0 aliphatic heterocycles. The van der Waals surface area contributed by atoms with Crippen LogP contribution in [0.1, 0.15) is 0 Å². The van der Waals surface area contributed by atoms with Gasteiger partial charge in [-0.05, 0) is 46.3 Å². The van der Waals surface area contributed by atoms with Crippen molar-refractivity contribution in [2.45, 2.75) is 0 Å². The summed E-state index contributed by atoms with van der Waals surface area (Å²) in [5.74, 6) is -0.363. The summed E-state index contributed by atoms with van der Waals surface area (Å²) in [5, 5.41) is 4.50. The standard InChI is InChI=1S/C12H6BrClFN3/c13-12-16-11-9(2-1-5-18(11)17-12)8-4-3-7(15)6-10(8)14/h1-6H. The second-order valence-electron chi connectivity index (χ2n) is 3.70. The molecular weight excluding hydrogens is 321 g/mol. The molecule has 0 N–H and O–H groups in total. The molecule has 90 valence electrons. The number of hydrogen-bond donors (Lipinski definition) is 0. The van der Waals surface area contributed by atoms with Crippen LogP contribution in [0.5, 0.6) is 0 Å². The fraction of sp³-hybridized carbons (Fsp3) is 0. The number of fused-ring (bicyclic) bond motifs is 1. The SMILES string of the molecule is Fc1ccc(-c2cccn3nc(Br)nc23)c(Cl)c1. The Hall–Kier alpha value is -1.46. The van der Waals surface area contributed by atoms with Crippen molar-refractivity contribution in [3.63, 3.8) is 0 Å². The Morgan fingerprint density at radius 3 is 2.83 bits per heavy atom. The number of hydrogen-bond acceptors (Lipinski definition) is 2. The molecular formula is C12H6BrClFN3. The quantitative estimate of drug-likeness (QED) is 0.678. The third kappa shape index (κ3) is 1.89. The predicted octanol–water partition coefficient (Wildman–Crippen LogP) is 3.95. The van der Waals surface area contributed by atoms with Crippen molar-refractivity contribution in [3.05, 3.63) is 52.1 Å². The Morgan fingerprint density at radius 1 is 1.22 bits per heavy atom. The van der Waals surface area contributed by atoms with Crippen molar-refractivity contribution in [2.24, 2.45) is 0 Å². The zero-order valence-corrected chi connectivity index (χ0v) is 11.3. The summed E-state index contributed by atoms with van der Waals surface area (Å²) in [7, 11) is 0. The fourth-order valence-corrected chi connectivity index (χ4v) is 2.41. The molecule has 3 aromatic rings. The Kier molecular flexibility index (Phi) is 2.80. The number of nitrogens with zero attached hydrogens (tertiary/aromatic N) is 3. The molecule has 0 aliphatic carbocycles. The van der Waals surface area contributed by atoms with E-state index in [9.17, 15) is 4.39 Å². The van der Waals surface area contributed by atoms with Gasteiger partial charge in [0.25, 0.3) is 0 Å². The highest BCUT2D eigenvalue weighted by atomic mass is 79.9. The molecule has 2 heterocycles. The molecule has 6 heteroatoms. The van der Waals surface area contributed by atoms with Crippen LogP contribution in [0, 0.1) is 5.82 Å². The Labute approximate surface area is 115 Å². The Balaban J connectivity index is 2.31. The maximum atomic E-state index is 13.1. The third-order valence-corrected chi connectivity index (χ3v) is 3.21. The molecule has 0 spiro atoms. The number of halogens is 3. The maximum Gasteiger partial charge on any atom is 0.218 e. The molecule has 0 fully saturated rings. The lowest BCUT2D eigenvalue weighted by Gasteiger charge is -2.05. The third-order valence-electron chi connectivity index (χ3n) is 2.56. The highest BCUT2D eigenvalue weighted by molar-refractivity contribution is 9.10. The van der Waals surface area contributed by atoms with E-state index in [1.165, 1.54) is 12.1 Å². The fourth-order valence-electron chi connectivity index (χ4n) is 1.80. The summed E-state index contributed by atoms with van der Waals surface area (Å²) in [4.78, 5) is 4.27. The van der Waals surface area contributed by atoms with Crippen LogP contribution < -0.4 is 0 Å². The lowest BCUT2D eigenvalue weighted by atomic mass is 10.1. The van der Waals surface area contributed by atoms with E-state index in [1.807, 2.05) is 12.1 Å². The number of aromatic nitrogens is 3. The highest BCUT2D eigenvalue weighted by Gasteiger charge is 2.11. The van der Waals surface area contributed by atoms with Crippen LogP contribution in [0.4, 0.5) is 4.39 Å². The zero-order chi connectivity index (χ0) is 12.7. The first-order chi connectivity index (χ1) is 8.65. The normalized spacial score (nSPS) is 11.1. The van der Waals surface area contributed by atoms with E-state index in [2.05, 4.69) is 26.0 Å². The largest absolute Gasteiger partial charge is 0.219 e. The summed E-state index contributed by atoms with van der Waals surface area (Å²) in [5.41, 5.74) is 2.20. The van der Waals surface area contributed by atoms with Crippen molar-refractivity contribution in [2.75, 3.05) is 0 Å². The smallest absolute Gasteiger partial charge is 0.218 e. The van der Waals surface area contributed by atoms with Gasteiger partial charge in [0.2, 0.25) is 4.73 Å². The van der Waals surface area contributed by atoms with Crippen LogP contribution in [-0.4, -0.2) is 14.6 Å². The molecule has 3 rings (SSSR count). The van der Waals surface area contributed by atoms with Gasteiger partial charge in [0.15, 0.2) is 5.65 Å². The second-order valence-corrected chi connectivity index (χ2v) is 4.81. The van der Waals surface area contributed by atoms with Gasteiger partial charge in [0, 0.05) is 17.3 Å². The molecule has 0 atom stereocenters. The van der Waals surface area contributed by atoms with Gasteiger partial charge < -0.3 is 0 Å². The molecule has 0 bridgehead atoms. The summed E-state index contributed by atoms with van der Waals surface area (Å²) in [6, 6.07) is 8.00. The van der Waals surface area contributed by atoms with Crippen LogP contribution in [0.15, 0.2) is 41.3 Å².